The number of benzene rings is 1. The molecule has 0 aromatic heterocycles. The van der Waals surface area contributed by atoms with Gasteiger partial charge in [0.15, 0.2) is 0 Å². The van der Waals surface area contributed by atoms with Gasteiger partial charge in [-0.25, -0.2) is 0 Å². The minimum Gasteiger partial charge on any atom is -0.384 e. The van der Waals surface area contributed by atoms with Gasteiger partial charge in [0.25, 0.3) is 0 Å². The molecule has 0 bridgehead atoms. The first-order valence-corrected chi connectivity index (χ1v) is 7.07. The summed E-state index contributed by atoms with van der Waals surface area (Å²) in [6.45, 7) is 3.83. The molecule has 1 aromatic carbocycles. The van der Waals surface area contributed by atoms with E-state index in [0.717, 1.165) is 42.5 Å². The standard InChI is InChI=1S/C17H21NO2/c1-13-7-8-15(14(12-13)6-5-11-19)18-16(20)17(2)9-3-4-10-17/h7-8,12,19H,3-4,9-11H2,1-2H3,(H,18,20). The molecule has 0 saturated heterocycles. The van der Waals surface area contributed by atoms with Crippen LogP contribution >= 0.6 is 0 Å². The summed E-state index contributed by atoms with van der Waals surface area (Å²) in [7, 11) is 0. The van der Waals surface area contributed by atoms with Crippen molar-refractivity contribution in [2.45, 2.75) is 39.5 Å². The molecule has 1 aliphatic rings. The van der Waals surface area contributed by atoms with E-state index in [2.05, 4.69) is 17.2 Å². The van der Waals surface area contributed by atoms with Crippen molar-refractivity contribution in [2.24, 2.45) is 5.41 Å². The quantitative estimate of drug-likeness (QED) is 0.813. The molecule has 3 heteroatoms. The molecule has 1 fully saturated rings. The van der Waals surface area contributed by atoms with E-state index >= 15 is 0 Å². The lowest BCUT2D eigenvalue weighted by Crippen LogP contribution is -2.31. The van der Waals surface area contributed by atoms with Crippen molar-refractivity contribution in [3.8, 4) is 11.8 Å². The smallest absolute Gasteiger partial charge is 0.230 e. The summed E-state index contributed by atoms with van der Waals surface area (Å²) < 4.78 is 0. The number of aliphatic hydroxyl groups excluding tert-OH is 1. The molecule has 106 valence electrons. The predicted octanol–water partition coefficient (Wildman–Crippen LogP) is 2.86. The fraction of sp³-hybridized carbons (Fsp3) is 0.471. The van der Waals surface area contributed by atoms with Crippen LogP contribution in [0, 0.1) is 24.2 Å². The van der Waals surface area contributed by atoms with Crippen molar-refractivity contribution >= 4 is 11.6 Å². The Morgan fingerprint density at radius 1 is 1.40 bits per heavy atom. The Kier molecular flexibility index (Phi) is 4.46. The number of carbonyl (C=O) groups is 1. The Labute approximate surface area is 120 Å². The third-order valence-electron chi connectivity index (χ3n) is 3.98. The van der Waals surface area contributed by atoms with Gasteiger partial charge in [-0.3, -0.25) is 4.79 Å². The number of anilines is 1. The first-order valence-electron chi connectivity index (χ1n) is 7.07. The number of nitrogens with one attached hydrogen (secondary N) is 1. The zero-order valence-electron chi connectivity index (χ0n) is 12.1. The van der Waals surface area contributed by atoms with E-state index in [-0.39, 0.29) is 17.9 Å². The van der Waals surface area contributed by atoms with Gasteiger partial charge in [-0.15, -0.1) is 0 Å². The van der Waals surface area contributed by atoms with Gasteiger partial charge in [0.1, 0.15) is 6.61 Å². The first kappa shape index (κ1) is 14.6. The number of rotatable bonds is 2. The van der Waals surface area contributed by atoms with Gasteiger partial charge in [-0.05, 0) is 37.5 Å². The molecule has 0 unspecified atom stereocenters. The molecule has 0 aliphatic heterocycles. The zero-order valence-corrected chi connectivity index (χ0v) is 12.1. The summed E-state index contributed by atoms with van der Waals surface area (Å²) in [4.78, 5) is 12.4. The maximum absolute atomic E-state index is 12.4. The van der Waals surface area contributed by atoms with Crippen LogP contribution in [0.15, 0.2) is 18.2 Å². The molecule has 1 aromatic rings. The summed E-state index contributed by atoms with van der Waals surface area (Å²) in [5.41, 5.74) is 2.31. The van der Waals surface area contributed by atoms with E-state index in [1.165, 1.54) is 0 Å². The van der Waals surface area contributed by atoms with Crippen LogP contribution in [0.2, 0.25) is 0 Å². The van der Waals surface area contributed by atoms with Crippen LogP contribution in [0.5, 0.6) is 0 Å². The van der Waals surface area contributed by atoms with Gasteiger partial charge < -0.3 is 10.4 Å². The Bertz CT molecular complexity index is 560. The normalized spacial score (nSPS) is 16.4. The number of hydrogen-bond acceptors (Lipinski definition) is 2. The van der Waals surface area contributed by atoms with E-state index in [1.54, 1.807) is 0 Å². The Morgan fingerprint density at radius 2 is 2.10 bits per heavy atom. The SMILES string of the molecule is Cc1ccc(NC(=O)C2(C)CCCC2)c(C#CCO)c1. The van der Waals surface area contributed by atoms with Crippen LogP contribution in [0.4, 0.5) is 5.69 Å². The fourth-order valence-electron chi connectivity index (χ4n) is 2.66. The van der Waals surface area contributed by atoms with Crippen LogP contribution in [0.3, 0.4) is 0 Å². The summed E-state index contributed by atoms with van der Waals surface area (Å²) in [6.07, 6.45) is 4.13. The van der Waals surface area contributed by atoms with Crippen molar-refractivity contribution in [1.29, 1.82) is 0 Å². The molecular weight excluding hydrogens is 250 g/mol. The highest BCUT2D eigenvalue weighted by molar-refractivity contribution is 5.96. The number of aryl methyl sites for hydroxylation is 1. The summed E-state index contributed by atoms with van der Waals surface area (Å²) in [6, 6.07) is 5.76. The fourth-order valence-corrected chi connectivity index (χ4v) is 2.66. The first-order chi connectivity index (χ1) is 9.55. The van der Waals surface area contributed by atoms with Crippen LogP contribution in [0.1, 0.15) is 43.7 Å². The summed E-state index contributed by atoms with van der Waals surface area (Å²) >= 11 is 0. The number of amides is 1. The van der Waals surface area contributed by atoms with Gasteiger partial charge in [0, 0.05) is 11.0 Å². The number of carbonyl (C=O) groups excluding carboxylic acids is 1. The Morgan fingerprint density at radius 3 is 2.75 bits per heavy atom. The second-order valence-electron chi connectivity index (χ2n) is 5.73. The van der Waals surface area contributed by atoms with Crippen LogP contribution < -0.4 is 5.32 Å². The third-order valence-corrected chi connectivity index (χ3v) is 3.98. The Balaban J connectivity index is 2.22. The molecule has 1 saturated carbocycles. The topological polar surface area (TPSA) is 49.3 Å². The van der Waals surface area contributed by atoms with E-state index in [9.17, 15) is 4.79 Å². The van der Waals surface area contributed by atoms with E-state index in [4.69, 9.17) is 5.11 Å². The van der Waals surface area contributed by atoms with E-state index in [0.29, 0.717) is 0 Å². The molecule has 1 aliphatic carbocycles. The summed E-state index contributed by atoms with van der Waals surface area (Å²) in [5, 5.41) is 11.8. The molecule has 3 nitrogen and oxygen atoms in total. The predicted molar refractivity (Wildman–Crippen MR) is 80.3 cm³/mol. The highest BCUT2D eigenvalue weighted by Crippen LogP contribution is 2.38. The van der Waals surface area contributed by atoms with Crippen molar-refractivity contribution < 1.29 is 9.90 Å². The maximum Gasteiger partial charge on any atom is 0.230 e. The monoisotopic (exact) mass is 271 g/mol. The lowest BCUT2D eigenvalue weighted by molar-refractivity contribution is -0.124. The van der Waals surface area contributed by atoms with Gasteiger partial charge in [-0.1, -0.05) is 37.7 Å². The minimum absolute atomic E-state index is 0.0749. The van der Waals surface area contributed by atoms with E-state index in [1.807, 2.05) is 32.0 Å². The zero-order chi connectivity index (χ0) is 14.6. The maximum atomic E-state index is 12.4. The van der Waals surface area contributed by atoms with Crippen molar-refractivity contribution in [3.63, 3.8) is 0 Å². The second kappa shape index (κ2) is 6.11. The largest absolute Gasteiger partial charge is 0.384 e. The van der Waals surface area contributed by atoms with Crippen molar-refractivity contribution in [3.05, 3.63) is 29.3 Å². The highest BCUT2D eigenvalue weighted by atomic mass is 16.2. The lowest BCUT2D eigenvalue weighted by Gasteiger charge is -2.22. The van der Waals surface area contributed by atoms with Gasteiger partial charge in [0.2, 0.25) is 5.91 Å². The Hall–Kier alpha value is -1.79. The highest BCUT2D eigenvalue weighted by Gasteiger charge is 2.36. The van der Waals surface area contributed by atoms with Crippen LogP contribution in [0.25, 0.3) is 0 Å². The van der Waals surface area contributed by atoms with Gasteiger partial charge in [-0.2, -0.15) is 0 Å². The molecule has 2 rings (SSSR count). The average Bonchev–Trinajstić information content (AvgIpc) is 2.87. The van der Waals surface area contributed by atoms with Gasteiger partial charge in [0.05, 0.1) is 5.69 Å². The molecule has 0 radical (unpaired) electrons. The average molecular weight is 271 g/mol. The van der Waals surface area contributed by atoms with Gasteiger partial charge >= 0.3 is 0 Å². The van der Waals surface area contributed by atoms with Crippen LogP contribution in [-0.2, 0) is 4.79 Å². The minimum atomic E-state index is -0.257. The summed E-state index contributed by atoms with van der Waals surface area (Å²) in [5.74, 6) is 5.61. The van der Waals surface area contributed by atoms with Crippen molar-refractivity contribution in [1.82, 2.24) is 0 Å². The molecular formula is C17H21NO2. The number of hydrogen-bond donors (Lipinski definition) is 2. The molecule has 2 N–H and O–H groups in total. The number of aliphatic hydroxyl groups is 1. The molecule has 1 amide bonds. The molecule has 0 atom stereocenters. The molecule has 20 heavy (non-hydrogen) atoms. The molecule has 0 heterocycles. The molecule has 0 spiro atoms. The van der Waals surface area contributed by atoms with E-state index < -0.39 is 0 Å². The lowest BCUT2D eigenvalue weighted by atomic mass is 9.87. The second-order valence-corrected chi connectivity index (χ2v) is 5.73. The third kappa shape index (κ3) is 3.20. The van der Waals surface area contributed by atoms with Crippen molar-refractivity contribution in [2.75, 3.05) is 11.9 Å². The van der Waals surface area contributed by atoms with Crippen LogP contribution in [-0.4, -0.2) is 17.6 Å².